The fraction of sp³-hybridized carbons (Fsp3) is 0.115. The Balaban J connectivity index is 1.59. The first-order valence-electron chi connectivity index (χ1n) is 10.7. The maximum atomic E-state index is 13.6. The molecular weight excluding hydrogens is 471 g/mol. The van der Waals surface area contributed by atoms with E-state index in [1.165, 1.54) is 12.1 Å². The summed E-state index contributed by atoms with van der Waals surface area (Å²) in [5.41, 5.74) is 4.40. The molecular formula is C26H20ClFN4OS. The molecule has 1 aromatic heterocycles. The lowest BCUT2D eigenvalue weighted by molar-refractivity contribution is 0.396. The summed E-state index contributed by atoms with van der Waals surface area (Å²) in [5.74, 6) is 0.510. The van der Waals surface area contributed by atoms with E-state index in [0.29, 0.717) is 28.4 Å². The van der Waals surface area contributed by atoms with Crippen LogP contribution in [0.4, 0.5) is 4.39 Å². The van der Waals surface area contributed by atoms with Gasteiger partial charge in [0.15, 0.2) is 5.11 Å². The molecule has 4 aromatic rings. The van der Waals surface area contributed by atoms with E-state index in [1.807, 2.05) is 54.3 Å². The second kappa shape index (κ2) is 9.37. The second-order valence-electron chi connectivity index (χ2n) is 7.93. The fourth-order valence-electron chi connectivity index (χ4n) is 3.97. The highest BCUT2D eigenvalue weighted by atomic mass is 35.5. The van der Waals surface area contributed by atoms with Crippen LogP contribution in [0.1, 0.15) is 30.0 Å². The first-order valence-corrected chi connectivity index (χ1v) is 11.5. The number of hydrogen-bond acceptors (Lipinski definition) is 4. The molecule has 1 atom stereocenters. The van der Waals surface area contributed by atoms with E-state index in [9.17, 15) is 4.39 Å². The highest BCUT2D eigenvalue weighted by molar-refractivity contribution is 7.80. The van der Waals surface area contributed by atoms with Crippen LogP contribution in [0.5, 0.6) is 0 Å². The van der Waals surface area contributed by atoms with Gasteiger partial charge in [0.2, 0.25) is 5.82 Å². The van der Waals surface area contributed by atoms with Gasteiger partial charge in [-0.15, -0.1) is 0 Å². The summed E-state index contributed by atoms with van der Waals surface area (Å²) in [5, 5.41) is 8.78. The van der Waals surface area contributed by atoms with Gasteiger partial charge in [-0.3, -0.25) is 0 Å². The summed E-state index contributed by atoms with van der Waals surface area (Å²) in [6, 6.07) is 23.2. The highest BCUT2D eigenvalue weighted by Gasteiger charge is 2.34. The molecule has 0 radical (unpaired) electrons. The van der Waals surface area contributed by atoms with Gasteiger partial charge in [0.25, 0.3) is 5.89 Å². The van der Waals surface area contributed by atoms with Crippen LogP contribution in [0.15, 0.2) is 89.1 Å². The van der Waals surface area contributed by atoms with Crippen LogP contribution in [-0.4, -0.2) is 20.2 Å². The topological polar surface area (TPSA) is 54.2 Å². The molecule has 2 heterocycles. The Morgan fingerprint density at radius 1 is 1.03 bits per heavy atom. The molecule has 0 saturated heterocycles. The van der Waals surface area contributed by atoms with Gasteiger partial charge in [-0.2, -0.15) is 4.98 Å². The standard InChI is InChI=1S/C26H20ClFN4OS/c1-16-22(25-30-24(31-33-25)19-7-11-20(27)12-8-19)23(18-9-13-21(28)14-10-18)29-26(34)32(16)15-17-5-3-2-4-6-17/h2-14,23H,15H2,1H3,(H,29,34). The van der Waals surface area contributed by atoms with Crippen molar-refractivity contribution in [3.63, 3.8) is 0 Å². The lowest BCUT2D eigenvalue weighted by Gasteiger charge is -2.37. The van der Waals surface area contributed by atoms with Crippen LogP contribution in [0.25, 0.3) is 17.0 Å². The van der Waals surface area contributed by atoms with Gasteiger partial charge in [0.1, 0.15) is 5.82 Å². The number of nitrogens with zero attached hydrogens (tertiary/aromatic N) is 3. The summed E-state index contributed by atoms with van der Waals surface area (Å²) in [7, 11) is 0. The van der Waals surface area contributed by atoms with Gasteiger partial charge < -0.3 is 14.7 Å². The number of hydrogen-bond donors (Lipinski definition) is 1. The molecule has 0 bridgehead atoms. The van der Waals surface area contributed by atoms with Crippen LogP contribution in [0.3, 0.4) is 0 Å². The lowest BCUT2D eigenvalue weighted by Crippen LogP contribution is -2.45. The van der Waals surface area contributed by atoms with Crippen molar-refractivity contribution in [3.8, 4) is 11.4 Å². The molecule has 0 spiro atoms. The Kier molecular flexibility index (Phi) is 6.13. The molecule has 8 heteroatoms. The van der Waals surface area contributed by atoms with Crippen molar-refractivity contribution in [2.45, 2.75) is 19.5 Å². The maximum Gasteiger partial charge on any atom is 0.258 e. The normalized spacial score (nSPS) is 16.0. The minimum atomic E-state index is -0.376. The number of thiocarbonyl (C=S) groups is 1. The second-order valence-corrected chi connectivity index (χ2v) is 8.76. The number of benzene rings is 3. The number of halogens is 2. The predicted octanol–water partition coefficient (Wildman–Crippen LogP) is 6.39. The Bertz CT molecular complexity index is 1350. The quantitative estimate of drug-likeness (QED) is 0.327. The van der Waals surface area contributed by atoms with Gasteiger partial charge in [-0.25, -0.2) is 4.39 Å². The number of nitrogens with one attached hydrogen (secondary N) is 1. The number of aromatic nitrogens is 2. The zero-order valence-electron chi connectivity index (χ0n) is 18.2. The van der Waals surface area contributed by atoms with E-state index in [0.717, 1.165) is 28.0 Å². The Morgan fingerprint density at radius 3 is 2.44 bits per heavy atom. The van der Waals surface area contributed by atoms with Crippen molar-refractivity contribution in [3.05, 3.63) is 112 Å². The third-order valence-electron chi connectivity index (χ3n) is 5.74. The van der Waals surface area contributed by atoms with Crippen LogP contribution < -0.4 is 5.32 Å². The molecule has 1 N–H and O–H groups in total. The maximum absolute atomic E-state index is 13.6. The Labute approximate surface area is 206 Å². The van der Waals surface area contributed by atoms with Crippen molar-refractivity contribution in [2.75, 3.05) is 0 Å². The molecule has 170 valence electrons. The van der Waals surface area contributed by atoms with Crippen molar-refractivity contribution in [1.29, 1.82) is 0 Å². The summed E-state index contributed by atoms with van der Waals surface area (Å²) >= 11 is 11.7. The third-order valence-corrected chi connectivity index (χ3v) is 6.33. The summed E-state index contributed by atoms with van der Waals surface area (Å²) in [6.45, 7) is 2.56. The minimum Gasteiger partial charge on any atom is -0.351 e. The van der Waals surface area contributed by atoms with Gasteiger partial charge >= 0.3 is 0 Å². The van der Waals surface area contributed by atoms with Crippen molar-refractivity contribution >= 4 is 34.5 Å². The van der Waals surface area contributed by atoms with Crippen LogP contribution in [0.2, 0.25) is 5.02 Å². The zero-order chi connectivity index (χ0) is 23.7. The summed E-state index contributed by atoms with van der Waals surface area (Å²) < 4.78 is 19.4. The minimum absolute atomic E-state index is 0.307. The van der Waals surface area contributed by atoms with Gasteiger partial charge in [0, 0.05) is 22.8 Å². The molecule has 5 rings (SSSR count). The third kappa shape index (κ3) is 4.44. The largest absolute Gasteiger partial charge is 0.351 e. The summed E-state index contributed by atoms with van der Waals surface area (Å²) in [4.78, 5) is 6.69. The van der Waals surface area contributed by atoms with Crippen molar-refractivity contribution < 1.29 is 8.91 Å². The van der Waals surface area contributed by atoms with E-state index in [1.54, 1.807) is 24.3 Å². The van der Waals surface area contributed by atoms with Crippen LogP contribution in [-0.2, 0) is 6.54 Å². The highest BCUT2D eigenvalue weighted by Crippen LogP contribution is 2.38. The van der Waals surface area contributed by atoms with E-state index >= 15 is 0 Å². The molecule has 1 aliphatic heterocycles. The monoisotopic (exact) mass is 490 g/mol. The predicted molar refractivity (Wildman–Crippen MR) is 134 cm³/mol. The molecule has 0 aliphatic carbocycles. The van der Waals surface area contributed by atoms with Crippen molar-refractivity contribution in [1.82, 2.24) is 20.4 Å². The van der Waals surface area contributed by atoms with Crippen LogP contribution >= 0.6 is 23.8 Å². The Morgan fingerprint density at radius 2 is 1.74 bits per heavy atom. The van der Waals surface area contributed by atoms with Gasteiger partial charge in [-0.1, -0.05) is 59.2 Å². The number of allylic oxidation sites excluding steroid dienone is 1. The zero-order valence-corrected chi connectivity index (χ0v) is 19.8. The lowest BCUT2D eigenvalue weighted by atomic mass is 9.94. The molecule has 34 heavy (non-hydrogen) atoms. The smallest absolute Gasteiger partial charge is 0.258 e. The van der Waals surface area contributed by atoms with Crippen molar-refractivity contribution in [2.24, 2.45) is 0 Å². The molecule has 3 aromatic carbocycles. The average molecular weight is 491 g/mol. The molecule has 1 aliphatic rings. The van der Waals surface area contributed by atoms with E-state index in [4.69, 9.17) is 28.3 Å². The SMILES string of the molecule is CC1=C(c2nc(-c3ccc(Cl)cc3)no2)C(c2ccc(F)cc2)NC(=S)N1Cc1ccccc1. The molecule has 1 unspecified atom stereocenters. The first-order chi connectivity index (χ1) is 16.5. The molecule has 0 saturated carbocycles. The molecule has 0 amide bonds. The van der Waals surface area contributed by atoms with E-state index in [2.05, 4.69) is 15.5 Å². The van der Waals surface area contributed by atoms with Crippen LogP contribution in [0, 0.1) is 5.82 Å². The molecule has 0 fully saturated rings. The number of rotatable bonds is 5. The summed E-state index contributed by atoms with van der Waals surface area (Å²) in [6.07, 6.45) is 0. The van der Waals surface area contributed by atoms with Gasteiger partial charge in [-0.05, 0) is 66.7 Å². The average Bonchev–Trinajstić information content (AvgIpc) is 3.33. The van der Waals surface area contributed by atoms with E-state index < -0.39 is 0 Å². The van der Waals surface area contributed by atoms with Gasteiger partial charge in [0.05, 0.1) is 11.6 Å². The first kappa shape index (κ1) is 22.3. The molecule has 5 nitrogen and oxygen atoms in total. The van der Waals surface area contributed by atoms with E-state index in [-0.39, 0.29) is 11.9 Å². The Hall–Kier alpha value is -3.55. The fourth-order valence-corrected chi connectivity index (χ4v) is 4.41.